The molecule has 6 aromatic rings. The Balaban J connectivity index is 0.00000171. The molecule has 0 radical (unpaired) electrons. The van der Waals surface area contributed by atoms with Gasteiger partial charge in [-0.05, 0) is 58.5 Å². The monoisotopic (exact) mass is 635 g/mol. The molecule has 0 saturated heterocycles. The molecule has 9 rings (SSSR count). The van der Waals surface area contributed by atoms with Gasteiger partial charge in [0.25, 0.3) is 0 Å². The second kappa shape index (κ2) is 12.2. The minimum atomic E-state index is -0.223. The number of nitrogens with one attached hydrogen (secondary N) is 1. The first-order valence-corrected chi connectivity index (χ1v) is 16.8. The highest BCUT2D eigenvalue weighted by Crippen LogP contribution is 2.56. The van der Waals surface area contributed by atoms with Crippen molar-refractivity contribution in [1.29, 1.82) is 0 Å². The topological polar surface area (TPSA) is 38.5 Å². The molecule has 0 saturated carbocycles. The first kappa shape index (κ1) is 30.3. The number of amidine groups is 1. The zero-order valence-corrected chi connectivity index (χ0v) is 27.7. The fourth-order valence-electron chi connectivity index (χ4n) is 7.81. The average Bonchev–Trinajstić information content (AvgIpc) is 3.65. The van der Waals surface area contributed by atoms with E-state index in [1.165, 1.54) is 49.6 Å². The number of terminal acetylenes is 1. The number of hydrogen-bond acceptors (Lipinski definition) is 3. The predicted octanol–water partition coefficient (Wildman–Crippen LogP) is 9.99. The standard InChI is InChI=1S/C43H35N3O.C2H2/c1-43(2)33-24-22-29-17-7-3-4-14-26-47-41(29)38(33)32-23-25-36-39(40(32)43)31-20-12-13-21-35(31)46(36)37-27-34(28-15-8-5-9-16-28)44-42(45-37)30-18-10-6-11-19-30;1-2/h3-16,18-25,27,34H,17,26H2,1-2H3,(H,44,45);1-2H/b7-3-,14-4-;. The summed E-state index contributed by atoms with van der Waals surface area (Å²) in [6.07, 6.45) is 19.6. The van der Waals surface area contributed by atoms with Crippen molar-refractivity contribution in [2.45, 2.75) is 31.7 Å². The number of aromatic nitrogens is 1. The number of ether oxygens (including phenoxy) is 1. The first-order chi connectivity index (χ1) is 24.1. The summed E-state index contributed by atoms with van der Waals surface area (Å²) in [5.41, 5.74) is 10.8. The SMILES string of the molecule is C#C.CC1(C)c2ccc3c(c2-c2ccc4c(c21)c1ccccc1n4C1=CC(c2ccccc2)N=C(c2ccccc2)N1)OC/C=C\C=C/C3. The van der Waals surface area contributed by atoms with Gasteiger partial charge in [-0.2, -0.15) is 0 Å². The first-order valence-electron chi connectivity index (χ1n) is 16.8. The van der Waals surface area contributed by atoms with Gasteiger partial charge < -0.3 is 10.1 Å². The van der Waals surface area contributed by atoms with Crippen LogP contribution in [0.3, 0.4) is 0 Å². The summed E-state index contributed by atoms with van der Waals surface area (Å²) in [4.78, 5) is 5.20. The largest absolute Gasteiger partial charge is 0.489 e. The third-order valence-corrected chi connectivity index (χ3v) is 9.95. The van der Waals surface area contributed by atoms with E-state index in [9.17, 15) is 0 Å². The molecule has 1 atom stereocenters. The van der Waals surface area contributed by atoms with Crippen LogP contribution in [0.2, 0.25) is 0 Å². The Morgan fingerprint density at radius 2 is 1.53 bits per heavy atom. The molecule has 238 valence electrons. The Bertz CT molecular complexity index is 2370. The van der Waals surface area contributed by atoms with E-state index < -0.39 is 0 Å². The molecule has 1 N–H and O–H groups in total. The highest BCUT2D eigenvalue weighted by atomic mass is 16.5. The van der Waals surface area contributed by atoms with E-state index in [0.717, 1.165) is 35.0 Å². The number of allylic oxidation sites excluding steroid dienone is 3. The number of fused-ring (bicyclic) bond motifs is 9. The van der Waals surface area contributed by atoms with Crippen molar-refractivity contribution >= 4 is 33.5 Å². The van der Waals surface area contributed by atoms with E-state index in [-0.39, 0.29) is 11.5 Å². The van der Waals surface area contributed by atoms with Crippen molar-refractivity contribution < 1.29 is 4.74 Å². The fraction of sp³-hybridized carbons (Fsp3) is 0.133. The summed E-state index contributed by atoms with van der Waals surface area (Å²) in [5, 5.41) is 6.30. The highest BCUT2D eigenvalue weighted by Gasteiger charge is 2.40. The van der Waals surface area contributed by atoms with Crippen molar-refractivity contribution in [2.24, 2.45) is 4.99 Å². The molecular weight excluding hydrogens is 599 g/mol. The van der Waals surface area contributed by atoms with Crippen molar-refractivity contribution in [1.82, 2.24) is 9.88 Å². The van der Waals surface area contributed by atoms with Gasteiger partial charge in [0.1, 0.15) is 24.0 Å². The molecule has 3 heterocycles. The van der Waals surface area contributed by atoms with E-state index in [2.05, 4.69) is 170 Å². The summed E-state index contributed by atoms with van der Waals surface area (Å²) >= 11 is 0. The zero-order chi connectivity index (χ0) is 33.5. The van der Waals surface area contributed by atoms with Gasteiger partial charge >= 0.3 is 0 Å². The molecule has 0 fully saturated rings. The Hall–Kier alpha value is -6.05. The molecule has 5 aromatic carbocycles. The second-order valence-corrected chi connectivity index (χ2v) is 13.1. The summed E-state index contributed by atoms with van der Waals surface area (Å²) in [6.45, 7) is 5.29. The Kier molecular flexibility index (Phi) is 7.54. The van der Waals surface area contributed by atoms with Gasteiger partial charge in [-0.1, -0.05) is 129 Å². The lowest BCUT2D eigenvalue weighted by atomic mass is 9.80. The van der Waals surface area contributed by atoms with E-state index in [1.54, 1.807) is 0 Å². The van der Waals surface area contributed by atoms with Gasteiger partial charge in [-0.25, -0.2) is 0 Å². The second-order valence-electron chi connectivity index (χ2n) is 13.1. The molecule has 1 aromatic heterocycles. The summed E-state index contributed by atoms with van der Waals surface area (Å²) in [6, 6.07) is 38.9. The van der Waals surface area contributed by atoms with Crippen molar-refractivity contribution in [2.75, 3.05) is 6.61 Å². The highest BCUT2D eigenvalue weighted by molar-refractivity contribution is 6.16. The van der Waals surface area contributed by atoms with Crippen LogP contribution in [0.4, 0.5) is 0 Å². The molecule has 3 aliphatic rings. The number of hydrogen-bond donors (Lipinski definition) is 1. The van der Waals surface area contributed by atoms with Crippen LogP contribution in [0, 0.1) is 12.8 Å². The maximum atomic E-state index is 6.54. The lowest BCUT2D eigenvalue weighted by molar-refractivity contribution is 0.361. The van der Waals surface area contributed by atoms with Crippen LogP contribution in [-0.4, -0.2) is 17.0 Å². The molecule has 0 spiro atoms. The number of benzene rings is 5. The maximum absolute atomic E-state index is 6.54. The van der Waals surface area contributed by atoms with E-state index >= 15 is 0 Å². The van der Waals surface area contributed by atoms with Crippen LogP contribution >= 0.6 is 0 Å². The van der Waals surface area contributed by atoms with Crippen molar-refractivity contribution in [3.05, 3.63) is 167 Å². The zero-order valence-electron chi connectivity index (χ0n) is 27.7. The molecule has 0 amide bonds. The lowest BCUT2D eigenvalue weighted by Crippen LogP contribution is -2.30. The van der Waals surface area contributed by atoms with Crippen LogP contribution in [0.5, 0.6) is 5.75 Å². The molecule has 0 bridgehead atoms. The average molecular weight is 636 g/mol. The van der Waals surface area contributed by atoms with Gasteiger partial charge in [-0.15, -0.1) is 12.8 Å². The molecule has 4 nitrogen and oxygen atoms in total. The van der Waals surface area contributed by atoms with E-state index in [1.807, 2.05) is 6.07 Å². The molecule has 1 aliphatic carbocycles. The third kappa shape index (κ3) is 4.90. The lowest BCUT2D eigenvalue weighted by Gasteiger charge is -2.25. The van der Waals surface area contributed by atoms with Crippen LogP contribution in [0.1, 0.15) is 47.7 Å². The third-order valence-electron chi connectivity index (χ3n) is 9.95. The summed E-state index contributed by atoms with van der Waals surface area (Å²) < 4.78 is 8.95. The molecule has 49 heavy (non-hydrogen) atoms. The van der Waals surface area contributed by atoms with Gasteiger partial charge in [0, 0.05) is 27.3 Å². The smallest absolute Gasteiger partial charge is 0.134 e. The quantitative estimate of drug-likeness (QED) is 0.197. The van der Waals surface area contributed by atoms with Gasteiger partial charge in [-0.3, -0.25) is 9.56 Å². The van der Waals surface area contributed by atoms with Crippen molar-refractivity contribution in [3.63, 3.8) is 0 Å². The van der Waals surface area contributed by atoms with Crippen molar-refractivity contribution in [3.8, 4) is 29.7 Å². The number of rotatable bonds is 3. The molecule has 1 unspecified atom stereocenters. The van der Waals surface area contributed by atoms with Crippen LogP contribution in [0.25, 0.3) is 38.8 Å². The minimum Gasteiger partial charge on any atom is -0.489 e. The Morgan fingerprint density at radius 1 is 0.796 bits per heavy atom. The van der Waals surface area contributed by atoms with E-state index in [4.69, 9.17) is 9.73 Å². The summed E-state index contributed by atoms with van der Waals surface area (Å²) in [5.74, 6) is 2.89. The van der Waals surface area contributed by atoms with Gasteiger partial charge in [0.05, 0.1) is 17.1 Å². The van der Waals surface area contributed by atoms with Gasteiger partial charge in [0.15, 0.2) is 0 Å². The number of nitrogens with zero attached hydrogens (tertiary/aromatic N) is 2. The predicted molar refractivity (Wildman–Crippen MR) is 204 cm³/mol. The molecular formula is C45H37N3O. The molecule has 2 aliphatic heterocycles. The molecule has 4 heteroatoms. The Morgan fingerprint density at radius 3 is 2.35 bits per heavy atom. The van der Waals surface area contributed by atoms with Gasteiger partial charge in [0.2, 0.25) is 0 Å². The van der Waals surface area contributed by atoms with Crippen LogP contribution in [-0.2, 0) is 11.8 Å². The van der Waals surface area contributed by atoms with Crippen LogP contribution < -0.4 is 10.1 Å². The fourth-order valence-corrected chi connectivity index (χ4v) is 7.81. The number of aliphatic imine (C=N–C) groups is 1. The number of para-hydroxylation sites is 1. The minimum absolute atomic E-state index is 0.127. The Labute approximate surface area is 287 Å². The maximum Gasteiger partial charge on any atom is 0.134 e. The normalized spacial score (nSPS) is 18.4. The van der Waals surface area contributed by atoms with Crippen LogP contribution in [0.15, 0.2) is 145 Å². The summed E-state index contributed by atoms with van der Waals surface area (Å²) in [7, 11) is 0. The van der Waals surface area contributed by atoms with E-state index in [0.29, 0.717) is 6.61 Å².